The number of hydrogen-bond donors (Lipinski definition) is 0. The fraction of sp³-hybridized carbons (Fsp3) is 0.532. The second-order valence-corrected chi connectivity index (χ2v) is 61.2. The minimum absolute atomic E-state index is 0.167. The van der Waals surface area contributed by atoms with Crippen LogP contribution in [0, 0.1) is 23.7 Å². The van der Waals surface area contributed by atoms with Crippen molar-refractivity contribution < 1.29 is 15.6 Å². The molecular formula is C47H59Cl2SiZr. The zero-order valence-electron chi connectivity index (χ0n) is 31.8. The molecule has 4 bridgehead atoms. The molecule has 0 aromatic heterocycles. The molecule has 0 heterocycles. The molecule has 3 aromatic carbocycles. The van der Waals surface area contributed by atoms with Crippen molar-refractivity contribution in [2.45, 2.75) is 129 Å². The van der Waals surface area contributed by atoms with E-state index in [1.54, 1.807) is 11.1 Å². The molecule has 0 N–H and O–H groups in total. The van der Waals surface area contributed by atoms with E-state index in [1.807, 2.05) is 0 Å². The molecule has 7 aliphatic carbocycles. The van der Waals surface area contributed by atoms with Crippen LogP contribution in [0.3, 0.4) is 0 Å². The number of hydrogen-bond acceptors (Lipinski definition) is 0. The van der Waals surface area contributed by atoms with Gasteiger partial charge in [-0.1, -0.05) is 0 Å². The third-order valence-electron chi connectivity index (χ3n) is 15.7. The first kappa shape index (κ1) is 35.5. The van der Waals surface area contributed by atoms with Gasteiger partial charge in [-0.25, -0.2) is 0 Å². The Kier molecular flexibility index (Phi) is 9.02. The summed E-state index contributed by atoms with van der Waals surface area (Å²) < 4.78 is 0.373. The molecule has 0 saturated heterocycles. The quantitative estimate of drug-likeness (QED) is 0.189. The second kappa shape index (κ2) is 13.0. The summed E-state index contributed by atoms with van der Waals surface area (Å²) in [6.45, 7) is 12.1. The van der Waals surface area contributed by atoms with Crippen molar-refractivity contribution in [1.82, 2.24) is 0 Å². The Bertz CT molecular complexity index is 1880. The van der Waals surface area contributed by atoms with E-state index in [1.165, 1.54) is 109 Å². The summed E-state index contributed by atoms with van der Waals surface area (Å²) in [4.78, 5) is 0. The van der Waals surface area contributed by atoms with Crippen LogP contribution in [0.25, 0.3) is 23.3 Å². The molecule has 0 aliphatic heterocycles. The number of halogens is 2. The molecule has 0 radical (unpaired) electrons. The monoisotopic (exact) mass is 811 g/mol. The molecule has 269 valence electrons. The Morgan fingerprint density at radius 3 is 1.96 bits per heavy atom. The maximum absolute atomic E-state index is 8.83. The van der Waals surface area contributed by atoms with Gasteiger partial charge < -0.3 is 0 Å². The Labute approximate surface area is 317 Å². The fourth-order valence-electron chi connectivity index (χ4n) is 13.3. The van der Waals surface area contributed by atoms with E-state index in [4.69, 9.17) is 17.0 Å². The molecule has 5 fully saturated rings. The van der Waals surface area contributed by atoms with E-state index in [0.29, 0.717) is 17.3 Å². The predicted molar refractivity (Wildman–Crippen MR) is 221 cm³/mol. The average Bonchev–Trinajstić information content (AvgIpc) is 3.88. The Morgan fingerprint density at radius 1 is 0.765 bits per heavy atom. The molecule has 4 heteroatoms. The van der Waals surface area contributed by atoms with Crippen molar-refractivity contribution in [2.75, 3.05) is 0 Å². The SMILES string of the molecule is CCC1=Cc2c(-c3ccc(C45CC6CC(CC(C6)C4)C5)cc3)cccc2[CH]1[Zr]([Cl])([Cl])([CH]1C(C2CCCC2)=Cc2c(C(C)CC)cccc21)[SiH](C)C. The van der Waals surface area contributed by atoms with Gasteiger partial charge in [-0.2, -0.15) is 0 Å². The minimum atomic E-state index is -4.79. The number of rotatable bonds is 9. The van der Waals surface area contributed by atoms with Gasteiger partial charge in [0.1, 0.15) is 0 Å². The van der Waals surface area contributed by atoms with Crippen LogP contribution >= 0.6 is 17.0 Å². The Hall–Kier alpha value is -1.18. The molecule has 5 saturated carbocycles. The van der Waals surface area contributed by atoms with Gasteiger partial charge in [0.15, 0.2) is 0 Å². The van der Waals surface area contributed by atoms with Crippen molar-refractivity contribution in [1.29, 1.82) is 0 Å². The van der Waals surface area contributed by atoms with E-state index in [0.717, 1.165) is 30.6 Å². The van der Waals surface area contributed by atoms with Crippen LogP contribution in [0.5, 0.6) is 0 Å². The Balaban J connectivity index is 1.15. The van der Waals surface area contributed by atoms with Gasteiger partial charge in [-0.05, 0) is 0 Å². The van der Waals surface area contributed by atoms with Crippen LogP contribution in [0.15, 0.2) is 71.8 Å². The van der Waals surface area contributed by atoms with Crippen LogP contribution in [-0.2, 0) is 21.0 Å². The van der Waals surface area contributed by atoms with Gasteiger partial charge in [-0.3, -0.25) is 0 Å². The fourth-order valence-corrected chi connectivity index (χ4v) is 44.7. The molecule has 0 nitrogen and oxygen atoms in total. The first-order valence-corrected chi connectivity index (χ1v) is 37.2. The van der Waals surface area contributed by atoms with Gasteiger partial charge in [0, 0.05) is 0 Å². The van der Waals surface area contributed by atoms with Crippen molar-refractivity contribution in [2.24, 2.45) is 23.7 Å². The molecular weight excluding hydrogens is 755 g/mol. The van der Waals surface area contributed by atoms with Gasteiger partial charge in [0.2, 0.25) is 0 Å². The zero-order chi connectivity index (χ0) is 35.3. The average molecular weight is 814 g/mol. The van der Waals surface area contributed by atoms with Crippen molar-refractivity contribution in [3.05, 3.63) is 105 Å². The van der Waals surface area contributed by atoms with E-state index < -0.39 is 21.5 Å². The van der Waals surface area contributed by atoms with E-state index in [-0.39, 0.29) is 7.25 Å². The molecule has 51 heavy (non-hydrogen) atoms. The summed E-state index contributed by atoms with van der Waals surface area (Å²) in [5.74, 6) is 2.45. The normalized spacial score (nSPS) is 31.0. The number of allylic oxidation sites excluding steroid dienone is 2. The van der Waals surface area contributed by atoms with E-state index >= 15 is 0 Å². The summed E-state index contributed by atoms with van der Waals surface area (Å²) in [6.07, 6.45) is 21.3. The van der Waals surface area contributed by atoms with E-state index in [9.17, 15) is 0 Å². The molecule has 3 aromatic rings. The molecule has 3 unspecified atom stereocenters. The zero-order valence-corrected chi connectivity index (χ0v) is 36.9. The van der Waals surface area contributed by atoms with Crippen LogP contribution < -0.4 is 0 Å². The van der Waals surface area contributed by atoms with Crippen molar-refractivity contribution >= 4 is 35.1 Å². The standard InChI is InChI=1S/C27H29.C18H23.C2H7Si.2ClH.Zr/c1-2-18-13-23-4-3-5-25(26(23)14-18)22-6-8-24(9-7-22)27-15-19-10-20(16-27)12-21(11-19)17-27;1-3-13(2)17-10-6-9-15-11-16(12-18(15)17)14-7-4-5-8-14;1-3-2;;;/h3-9,13-14,19-21H,2,10-12,15-17H2,1H3;6,9-14H,3-5,7-8H2,1-2H3;3H,1-2H3;2*1H;/q;;;;;+2/p-2. The van der Waals surface area contributed by atoms with Crippen LogP contribution in [-0.4, -0.2) is 5.92 Å². The molecule has 7 aliphatic rings. The van der Waals surface area contributed by atoms with Gasteiger partial charge >= 0.3 is 320 Å². The summed E-state index contributed by atoms with van der Waals surface area (Å²) in [6, 6.07) is 24.2. The Morgan fingerprint density at radius 2 is 1.37 bits per heavy atom. The molecule has 3 atom stereocenters. The summed E-state index contributed by atoms with van der Waals surface area (Å²) in [5.41, 5.74) is 15.2. The van der Waals surface area contributed by atoms with Gasteiger partial charge in [0.25, 0.3) is 0 Å². The summed E-state index contributed by atoms with van der Waals surface area (Å²) >= 11 is -4.79. The second-order valence-electron chi connectivity index (χ2n) is 18.7. The van der Waals surface area contributed by atoms with Crippen LogP contribution in [0.4, 0.5) is 0 Å². The van der Waals surface area contributed by atoms with Crippen molar-refractivity contribution in [3.63, 3.8) is 0 Å². The third kappa shape index (κ3) is 5.40. The first-order valence-electron chi connectivity index (χ1n) is 20.9. The first-order chi connectivity index (χ1) is 24.5. The summed E-state index contributed by atoms with van der Waals surface area (Å²) in [5, 5.41) is 0. The molecule has 10 rings (SSSR count). The third-order valence-corrected chi connectivity index (χ3v) is 67.5. The number of benzene rings is 3. The van der Waals surface area contributed by atoms with E-state index in [2.05, 4.69) is 107 Å². The van der Waals surface area contributed by atoms with Crippen LogP contribution in [0.1, 0.15) is 144 Å². The maximum atomic E-state index is 8.83. The summed E-state index contributed by atoms with van der Waals surface area (Å²) in [7, 11) is 17.7. The van der Waals surface area contributed by atoms with Gasteiger partial charge in [0.05, 0.1) is 0 Å². The predicted octanol–water partition coefficient (Wildman–Crippen LogP) is 14.5. The molecule has 0 amide bonds. The van der Waals surface area contributed by atoms with Gasteiger partial charge in [-0.15, -0.1) is 0 Å². The molecule has 0 spiro atoms. The van der Waals surface area contributed by atoms with Crippen LogP contribution in [0.2, 0.25) is 13.1 Å². The topological polar surface area (TPSA) is 0 Å². The van der Waals surface area contributed by atoms with Crippen molar-refractivity contribution in [3.8, 4) is 11.1 Å². The number of fused-ring (bicyclic) bond motifs is 2.